The van der Waals surface area contributed by atoms with E-state index in [4.69, 9.17) is 16.1 Å². The highest BCUT2D eigenvalue weighted by molar-refractivity contribution is 9.10. The van der Waals surface area contributed by atoms with Crippen LogP contribution in [0.25, 0.3) is 0 Å². The minimum atomic E-state index is 0.168. The van der Waals surface area contributed by atoms with Crippen molar-refractivity contribution < 1.29 is 4.52 Å². The van der Waals surface area contributed by atoms with Crippen molar-refractivity contribution >= 4 is 27.5 Å². The number of aryl methyl sites for hydroxylation is 2. The van der Waals surface area contributed by atoms with Crippen LogP contribution in [0.3, 0.4) is 0 Å². The van der Waals surface area contributed by atoms with Gasteiger partial charge in [-0.2, -0.15) is 0 Å². The van der Waals surface area contributed by atoms with Gasteiger partial charge in [-0.3, -0.25) is 0 Å². The maximum Gasteiger partial charge on any atom is 0.138 e. The third kappa shape index (κ3) is 3.38. The van der Waals surface area contributed by atoms with Gasteiger partial charge in [0.2, 0.25) is 0 Å². The predicted molar refractivity (Wildman–Crippen MR) is 80.4 cm³/mol. The van der Waals surface area contributed by atoms with Crippen LogP contribution in [0.15, 0.2) is 27.2 Å². The van der Waals surface area contributed by atoms with Crippen molar-refractivity contribution in [3.8, 4) is 0 Å². The molecule has 0 aliphatic heterocycles. The monoisotopic (exact) mass is 342 g/mol. The van der Waals surface area contributed by atoms with E-state index in [0.717, 1.165) is 32.1 Å². The highest BCUT2D eigenvalue weighted by Gasteiger charge is 2.16. The van der Waals surface area contributed by atoms with Crippen LogP contribution >= 0.6 is 27.5 Å². The molecule has 1 aromatic heterocycles. The second kappa shape index (κ2) is 6.07. The minimum Gasteiger partial charge on any atom is -0.361 e. The lowest BCUT2D eigenvalue weighted by Crippen LogP contribution is -2.19. The van der Waals surface area contributed by atoms with Crippen LogP contribution in [0, 0.1) is 13.8 Å². The van der Waals surface area contributed by atoms with E-state index in [2.05, 4.69) is 33.3 Å². The van der Waals surface area contributed by atoms with Gasteiger partial charge in [-0.15, -0.1) is 0 Å². The van der Waals surface area contributed by atoms with Gasteiger partial charge in [-0.25, -0.2) is 0 Å². The van der Waals surface area contributed by atoms with Gasteiger partial charge in [0.05, 0.1) is 5.69 Å². The SMILES string of the molecule is Cc1noc(C)c1C(C)NCc1cc(Br)ccc1Cl. The zero-order valence-corrected chi connectivity index (χ0v) is 13.5. The number of nitrogens with zero attached hydrogens (tertiary/aromatic N) is 1. The van der Waals surface area contributed by atoms with Crippen molar-refractivity contribution in [3.05, 3.63) is 50.3 Å². The van der Waals surface area contributed by atoms with E-state index in [1.165, 1.54) is 0 Å². The molecule has 0 spiro atoms. The molecule has 3 nitrogen and oxygen atoms in total. The molecule has 2 aromatic rings. The Morgan fingerprint density at radius 1 is 1.42 bits per heavy atom. The Bertz CT molecular complexity index is 563. The van der Waals surface area contributed by atoms with E-state index in [1.54, 1.807) is 0 Å². The summed E-state index contributed by atoms with van der Waals surface area (Å²) in [6.45, 7) is 6.68. The first-order chi connectivity index (χ1) is 8.99. The van der Waals surface area contributed by atoms with Gasteiger partial charge in [0.25, 0.3) is 0 Å². The summed E-state index contributed by atoms with van der Waals surface area (Å²) < 4.78 is 6.21. The normalized spacial score (nSPS) is 12.7. The Balaban J connectivity index is 2.08. The molecule has 2 rings (SSSR count). The highest BCUT2D eigenvalue weighted by Crippen LogP contribution is 2.24. The molecule has 5 heteroatoms. The summed E-state index contributed by atoms with van der Waals surface area (Å²) in [5.74, 6) is 0.859. The number of hydrogen-bond acceptors (Lipinski definition) is 3. The summed E-state index contributed by atoms with van der Waals surface area (Å²) in [6, 6.07) is 6.02. The fourth-order valence-corrected chi connectivity index (χ4v) is 2.75. The molecule has 0 fully saturated rings. The fraction of sp³-hybridized carbons (Fsp3) is 0.357. The van der Waals surface area contributed by atoms with Gasteiger partial charge < -0.3 is 9.84 Å². The van der Waals surface area contributed by atoms with Crippen molar-refractivity contribution in [2.75, 3.05) is 0 Å². The number of aromatic nitrogens is 1. The first-order valence-corrected chi connectivity index (χ1v) is 7.26. The van der Waals surface area contributed by atoms with Crippen molar-refractivity contribution in [1.82, 2.24) is 10.5 Å². The molecule has 0 saturated heterocycles. The molecule has 1 atom stereocenters. The first kappa shape index (κ1) is 14.6. The standard InChI is InChI=1S/C14H16BrClN2O/c1-8(14-9(2)18-19-10(14)3)17-7-11-6-12(15)4-5-13(11)16/h4-6,8,17H,7H2,1-3H3. The van der Waals surface area contributed by atoms with E-state index in [-0.39, 0.29) is 6.04 Å². The molecule has 0 amide bonds. The number of halogens is 2. The van der Waals surface area contributed by atoms with E-state index in [9.17, 15) is 0 Å². The predicted octanol–water partition coefficient (Wildman–Crippen LogP) is 4.56. The number of hydrogen-bond donors (Lipinski definition) is 1. The smallest absolute Gasteiger partial charge is 0.138 e. The Morgan fingerprint density at radius 2 is 2.16 bits per heavy atom. The molecule has 19 heavy (non-hydrogen) atoms. The van der Waals surface area contributed by atoms with E-state index < -0.39 is 0 Å². The Labute approximate surface area is 126 Å². The summed E-state index contributed by atoms with van der Waals surface area (Å²) in [6.07, 6.45) is 0. The maximum atomic E-state index is 6.18. The summed E-state index contributed by atoms with van der Waals surface area (Å²) in [5.41, 5.74) is 3.11. The molecule has 1 heterocycles. The van der Waals surface area contributed by atoms with Crippen LogP contribution in [-0.4, -0.2) is 5.16 Å². The van der Waals surface area contributed by atoms with Gasteiger partial charge in [0.1, 0.15) is 5.76 Å². The van der Waals surface area contributed by atoms with Crippen LogP contribution < -0.4 is 5.32 Å². The molecule has 1 unspecified atom stereocenters. The van der Waals surface area contributed by atoms with Crippen molar-refractivity contribution in [3.63, 3.8) is 0 Å². The van der Waals surface area contributed by atoms with Crippen LogP contribution in [0.1, 0.15) is 35.5 Å². The molecule has 1 N–H and O–H groups in total. The van der Waals surface area contributed by atoms with E-state index in [0.29, 0.717) is 6.54 Å². The lowest BCUT2D eigenvalue weighted by molar-refractivity contribution is 0.390. The van der Waals surface area contributed by atoms with Crippen molar-refractivity contribution in [1.29, 1.82) is 0 Å². The van der Waals surface area contributed by atoms with Gasteiger partial charge in [-0.05, 0) is 44.5 Å². The lowest BCUT2D eigenvalue weighted by Gasteiger charge is -2.14. The van der Waals surface area contributed by atoms with Crippen molar-refractivity contribution in [2.45, 2.75) is 33.4 Å². The lowest BCUT2D eigenvalue weighted by atomic mass is 10.1. The third-order valence-electron chi connectivity index (χ3n) is 3.13. The van der Waals surface area contributed by atoms with E-state index in [1.807, 2.05) is 32.0 Å². The average molecular weight is 344 g/mol. The molecule has 0 saturated carbocycles. The Morgan fingerprint density at radius 3 is 2.79 bits per heavy atom. The molecular weight excluding hydrogens is 328 g/mol. The Hall–Kier alpha value is -0.840. The molecule has 0 aliphatic rings. The third-order valence-corrected chi connectivity index (χ3v) is 3.99. The zero-order valence-electron chi connectivity index (χ0n) is 11.1. The van der Waals surface area contributed by atoms with Crippen molar-refractivity contribution in [2.24, 2.45) is 0 Å². The second-order valence-electron chi connectivity index (χ2n) is 4.58. The molecular formula is C14H16BrClN2O. The first-order valence-electron chi connectivity index (χ1n) is 6.09. The summed E-state index contributed by atoms with van der Waals surface area (Å²) in [5, 5.41) is 8.19. The average Bonchev–Trinajstić information content (AvgIpc) is 2.70. The molecule has 0 radical (unpaired) electrons. The summed E-state index contributed by atoms with van der Waals surface area (Å²) in [4.78, 5) is 0. The summed E-state index contributed by atoms with van der Waals surface area (Å²) >= 11 is 9.63. The van der Waals surface area contributed by atoms with Gasteiger partial charge >= 0.3 is 0 Å². The maximum absolute atomic E-state index is 6.18. The molecule has 0 aliphatic carbocycles. The fourth-order valence-electron chi connectivity index (χ4n) is 2.15. The van der Waals surface area contributed by atoms with Gasteiger partial charge in [0.15, 0.2) is 0 Å². The number of benzene rings is 1. The molecule has 0 bridgehead atoms. The molecule has 1 aromatic carbocycles. The van der Waals surface area contributed by atoms with Crippen LogP contribution in [0.4, 0.5) is 0 Å². The second-order valence-corrected chi connectivity index (χ2v) is 5.90. The van der Waals surface area contributed by atoms with E-state index >= 15 is 0 Å². The van der Waals surface area contributed by atoms with Crippen LogP contribution in [0.5, 0.6) is 0 Å². The van der Waals surface area contributed by atoms with Crippen LogP contribution in [-0.2, 0) is 6.54 Å². The Kier molecular flexibility index (Phi) is 4.66. The number of nitrogens with one attached hydrogen (secondary N) is 1. The van der Waals surface area contributed by atoms with Gasteiger partial charge in [-0.1, -0.05) is 32.7 Å². The quantitative estimate of drug-likeness (QED) is 0.884. The zero-order chi connectivity index (χ0) is 14.0. The minimum absolute atomic E-state index is 0.168. The topological polar surface area (TPSA) is 38.1 Å². The van der Waals surface area contributed by atoms with Crippen LogP contribution in [0.2, 0.25) is 5.02 Å². The summed E-state index contributed by atoms with van der Waals surface area (Å²) in [7, 11) is 0. The van der Waals surface area contributed by atoms with Gasteiger partial charge in [0, 0.05) is 27.6 Å². The number of rotatable bonds is 4. The highest BCUT2D eigenvalue weighted by atomic mass is 79.9. The largest absolute Gasteiger partial charge is 0.361 e. The molecule has 102 valence electrons.